The number of carbonyl (C=O) groups is 2. The van der Waals surface area contributed by atoms with Gasteiger partial charge in [-0.15, -0.1) is 0 Å². The number of hydrogen-bond acceptors (Lipinski definition) is 4. The quantitative estimate of drug-likeness (QED) is 0.729. The van der Waals surface area contributed by atoms with E-state index in [4.69, 9.17) is 4.74 Å². The summed E-state index contributed by atoms with van der Waals surface area (Å²) in [6.07, 6.45) is 1.15. The van der Waals surface area contributed by atoms with E-state index in [0.29, 0.717) is 11.3 Å². The Balaban J connectivity index is 1.63. The lowest BCUT2D eigenvalue weighted by Gasteiger charge is -2.26. The average Bonchev–Trinajstić information content (AvgIpc) is 2.66. The Hall–Kier alpha value is -2.38. The molecule has 1 aliphatic heterocycles. The van der Waals surface area contributed by atoms with Gasteiger partial charge in [-0.1, -0.05) is 34.1 Å². The van der Waals surface area contributed by atoms with Crippen molar-refractivity contribution in [1.82, 2.24) is 15.8 Å². The highest BCUT2D eigenvalue weighted by molar-refractivity contribution is 9.10. The lowest BCUT2D eigenvalue weighted by molar-refractivity contribution is -0.121. The molecule has 2 aromatic rings. The van der Waals surface area contributed by atoms with Crippen LogP contribution in [-0.2, 0) is 24.2 Å². The first-order chi connectivity index (χ1) is 13.0. The summed E-state index contributed by atoms with van der Waals surface area (Å²) in [4.78, 5) is 27.0. The topological polar surface area (TPSA) is 70.7 Å². The van der Waals surface area contributed by atoms with Gasteiger partial charge in [-0.25, -0.2) is 0 Å². The molecule has 1 aliphatic rings. The fourth-order valence-electron chi connectivity index (χ4n) is 3.26. The fraction of sp³-hybridized carbons (Fsp3) is 0.300. The number of likely N-dealkylation sites (N-methyl/N-ethyl adjacent to an activating group) is 1. The summed E-state index contributed by atoms with van der Waals surface area (Å²) in [6.45, 7) is 1.87. The molecule has 2 aromatic carbocycles. The van der Waals surface area contributed by atoms with Gasteiger partial charge in [-0.05, 0) is 48.4 Å². The van der Waals surface area contributed by atoms with Gasteiger partial charge in [0.05, 0.1) is 19.1 Å². The zero-order valence-corrected chi connectivity index (χ0v) is 16.9. The molecular weight excluding hydrogens is 410 g/mol. The first kappa shape index (κ1) is 19.4. The molecule has 0 atom stereocenters. The van der Waals surface area contributed by atoms with E-state index in [1.165, 1.54) is 18.2 Å². The molecule has 142 valence electrons. The lowest BCUT2D eigenvalue weighted by atomic mass is 9.93. The Kier molecular flexibility index (Phi) is 6.13. The number of halogens is 1. The highest BCUT2D eigenvalue weighted by Gasteiger charge is 2.18. The van der Waals surface area contributed by atoms with Crippen molar-refractivity contribution in [3.63, 3.8) is 0 Å². The van der Waals surface area contributed by atoms with E-state index in [0.717, 1.165) is 29.5 Å². The molecular formula is C20H22BrN3O3. The molecule has 2 amide bonds. The van der Waals surface area contributed by atoms with Gasteiger partial charge >= 0.3 is 0 Å². The molecule has 0 saturated heterocycles. The highest BCUT2D eigenvalue weighted by Crippen LogP contribution is 2.23. The maximum absolute atomic E-state index is 12.4. The number of rotatable bonds is 4. The summed E-state index contributed by atoms with van der Waals surface area (Å²) in [5.74, 6) is -0.256. The second kappa shape index (κ2) is 8.54. The van der Waals surface area contributed by atoms with E-state index in [1.807, 2.05) is 12.1 Å². The molecule has 0 aliphatic carbocycles. The number of benzene rings is 2. The molecule has 2 N–H and O–H groups in total. The molecule has 7 heteroatoms. The molecule has 0 saturated carbocycles. The van der Waals surface area contributed by atoms with Crippen LogP contribution in [0.2, 0.25) is 0 Å². The predicted octanol–water partition coefficient (Wildman–Crippen LogP) is 2.45. The first-order valence-corrected chi connectivity index (χ1v) is 9.48. The summed E-state index contributed by atoms with van der Waals surface area (Å²) < 4.78 is 5.95. The van der Waals surface area contributed by atoms with E-state index in [9.17, 15) is 9.59 Å². The van der Waals surface area contributed by atoms with Gasteiger partial charge in [-0.3, -0.25) is 20.4 Å². The third-order valence-corrected chi connectivity index (χ3v) is 5.12. The molecule has 0 spiro atoms. The van der Waals surface area contributed by atoms with Crippen LogP contribution in [0.3, 0.4) is 0 Å². The van der Waals surface area contributed by atoms with Crippen LogP contribution in [0, 0.1) is 0 Å². The number of nitrogens with one attached hydrogen (secondary N) is 2. The van der Waals surface area contributed by atoms with Crippen LogP contribution in [0.5, 0.6) is 5.75 Å². The standard InChI is InChI=1S/C20H22BrN3O3/c1-24-9-8-16-13(4-3-5-14(16)12-24)10-19(25)22-23-20(26)17-11-15(21)6-7-18(17)27-2/h3-7,11H,8-10,12H2,1-2H3,(H,22,25)(H,23,26). The van der Waals surface area contributed by atoms with Crippen molar-refractivity contribution in [3.05, 3.63) is 63.1 Å². The molecule has 1 heterocycles. The zero-order valence-electron chi connectivity index (χ0n) is 15.3. The summed E-state index contributed by atoms with van der Waals surface area (Å²) in [6, 6.07) is 11.2. The number of amides is 2. The van der Waals surface area contributed by atoms with E-state index < -0.39 is 5.91 Å². The summed E-state index contributed by atoms with van der Waals surface area (Å²) in [7, 11) is 3.59. The Morgan fingerprint density at radius 2 is 2.04 bits per heavy atom. The minimum atomic E-state index is -0.432. The number of nitrogens with zero attached hydrogens (tertiary/aromatic N) is 1. The predicted molar refractivity (Wildman–Crippen MR) is 106 cm³/mol. The molecule has 6 nitrogen and oxygen atoms in total. The largest absolute Gasteiger partial charge is 0.496 e. The van der Waals surface area contributed by atoms with Crippen molar-refractivity contribution < 1.29 is 14.3 Å². The van der Waals surface area contributed by atoms with Crippen molar-refractivity contribution in [2.75, 3.05) is 20.7 Å². The van der Waals surface area contributed by atoms with E-state index in [1.54, 1.807) is 18.2 Å². The van der Waals surface area contributed by atoms with E-state index >= 15 is 0 Å². The zero-order chi connectivity index (χ0) is 19.4. The van der Waals surface area contributed by atoms with Gasteiger partial charge in [0.25, 0.3) is 5.91 Å². The number of ether oxygens (including phenoxy) is 1. The second-order valence-electron chi connectivity index (χ2n) is 6.57. The normalized spacial score (nSPS) is 13.6. The van der Waals surface area contributed by atoms with Gasteiger partial charge in [0.15, 0.2) is 0 Å². The van der Waals surface area contributed by atoms with Gasteiger partial charge in [0, 0.05) is 17.6 Å². The smallest absolute Gasteiger partial charge is 0.273 e. The van der Waals surface area contributed by atoms with Crippen LogP contribution >= 0.6 is 15.9 Å². The summed E-state index contributed by atoms with van der Waals surface area (Å²) in [5.41, 5.74) is 8.81. The average molecular weight is 432 g/mol. The number of carbonyl (C=O) groups excluding carboxylic acids is 2. The summed E-state index contributed by atoms with van der Waals surface area (Å²) >= 11 is 3.33. The number of hydrogen-bond donors (Lipinski definition) is 2. The monoisotopic (exact) mass is 431 g/mol. The number of methoxy groups -OCH3 is 1. The third-order valence-electron chi connectivity index (χ3n) is 4.63. The molecule has 0 radical (unpaired) electrons. The first-order valence-electron chi connectivity index (χ1n) is 8.69. The fourth-order valence-corrected chi connectivity index (χ4v) is 3.62. The molecule has 0 unspecified atom stereocenters. The lowest BCUT2D eigenvalue weighted by Crippen LogP contribution is -2.42. The van der Waals surface area contributed by atoms with E-state index in [2.05, 4.69) is 44.8 Å². The highest BCUT2D eigenvalue weighted by atomic mass is 79.9. The number of hydrazine groups is 1. The van der Waals surface area contributed by atoms with Gasteiger partial charge in [0.1, 0.15) is 5.75 Å². The molecule has 3 rings (SSSR count). The van der Waals surface area contributed by atoms with Crippen molar-refractivity contribution in [2.45, 2.75) is 19.4 Å². The van der Waals surface area contributed by atoms with Crippen LogP contribution in [0.1, 0.15) is 27.0 Å². The molecule has 0 aromatic heterocycles. The maximum atomic E-state index is 12.4. The third kappa shape index (κ3) is 4.67. The Morgan fingerprint density at radius 1 is 1.22 bits per heavy atom. The van der Waals surface area contributed by atoms with Crippen molar-refractivity contribution in [1.29, 1.82) is 0 Å². The Morgan fingerprint density at radius 3 is 2.81 bits per heavy atom. The SMILES string of the molecule is COc1ccc(Br)cc1C(=O)NNC(=O)Cc1cccc2c1CCN(C)C2. The van der Waals surface area contributed by atoms with Crippen molar-refractivity contribution >= 4 is 27.7 Å². The van der Waals surface area contributed by atoms with Gasteiger partial charge in [-0.2, -0.15) is 0 Å². The van der Waals surface area contributed by atoms with E-state index in [-0.39, 0.29) is 12.3 Å². The van der Waals surface area contributed by atoms with Crippen LogP contribution < -0.4 is 15.6 Å². The second-order valence-corrected chi connectivity index (χ2v) is 7.48. The maximum Gasteiger partial charge on any atom is 0.273 e. The summed E-state index contributed by atoms with van der Waals surface area (Å²) in [5, 5.41) is 0. The minimum absolute atomic E-state index is 0.225. The van der Waals surface area contributed by atoms with Crippen LogP contribution in [0.15, 0.2) is 40.9 Å². The molecule has 0 fully saturated rings. The molecule has 27 heavy (non-hydrogen) atoms. The minimum Gasteiger partial charge on any atom is -0.496 e. The van der Waals surface area contributed by atoms with Crippen LogP contribution in [0.4, 0.5) is 0 Å². The Bertz CT molecular complexity index is 870. The Labute approximate surface area is 167 Å². The van der Waals surface area contributed by atoms with Crippen molar-refractivity contribution in [3.8, 4) is 5.75 Å². The van der Waals surface area contributed by atoms with Crippen LogP contribution in [-0.4, -0.2) is 37.4 Å². The van der Waals surface area contributed by atoms with Gasteiger partial charge < -0.3 is 9.64 Å². The number of fused-ring (bicyclic) bond motifs is 1. The molecule has 0 bridgehead atoms. The van der Waals surface area contributed by atoms with Crippen molar-refractivity contribution in [2.24, 2.45) is 0 Å². The van der Waals surface area contributed by atoms with Gasteiger partial charge in [0.2, 0.25) is 5.91 Å². The van der Waals surface area contributed by atoms with Crippen LogP contribution in [0.25, 0.3) is 0 Å².